The quantitative estimate of drug-likeness (QED) is 0.908. The molecule has 0 aliphatic carbocycles. The topological polar surface area (TPSA) is 38.3 Å². The van der Waals surface area contributed by atoms with Crippen LogP contribution in [0.25, 0.3) is 0 Å². The number of nitrogens with one attached hydrogen (secondary N) is 1. The Hall–Kier alpha value is -1.91. The molecule has 2 aromatic rings. The summed E-state index contributed by atoms with van der Waals surface area (Å²) in [6, 6.07) is 11.8. The second kappa shape index (κ2) is 7.20. The van der Waals surface area contributed by atoms with Crippen molar-refractivity contribution in [3.63, 3.8) is 0 Å². The van der Waals surface area contributed by atoms with Crippen molar-refractivity contribution in [3.05, 3.63) is 64.4 Å². The van der Waals surface area contributed by atoms with E-state index >= 15 is 0 Å². The molecule has 0 unspecified atom stereocenters. The fourth-order valence-electron chi connectivity index (χ4n) is 1.81. The van der Waals surface area contributed by atoms with Gasteiger partial charge in [0.1, 0.15) is 12.4 Å². The fraction of sp³-hybridized carbons (Fsp3) is 0.188. The highest BCUT2D eigenvalue weighted by atomic mass is 35.5. The number of carbonyl (C=O) groups is 1. The van der Waals surface area contributed by atoms with Crippen LogP contribution < -0.4 is 5.32 Å². The molecular formula is C16H15ClFNO2. The number of halogens is 2. The Labute approximate surface area is 127 Å². The lowest BCUT2D eigenvalue weighted by molar-refractivity contribution is -0.121. The molecular weight excluding hydrogens is 293 g/mol. The van der Waals surface area contributed by atoms with E-state index in [1.54, 1.807) is 12.1 Å². The highest BCUT2D eigenvalue weighted by Gasteiger charge is 2.06. The molecule has 21 heavy (non-hydrogen) atoms. The van der Waals surface area contributed by atoms with Crippen LogP contribution in [-0.2, 0) is 16.1 Å². The highest BCUT2D eigenvalue weighted by Crippen LogP contribution is 2.15. The van der Waals surface area contributed by atoms with Gasteiger partial charge in [0.15, 0.2) is 0 Å². The molecule has 0 saturated carbocycles. The Balaban J connectivity index is 1.81. The van der Waals surface area contributed by atoms with Crippen LogP contribution in [0.3, 0.4) is 0 Å². The van der Waals surface area contributed by atoms with Gasteiger partial charge in [-0.1, -0.05) is 29.8 Å². The van der Waals surface area contributed by atoms with Gasteiger partial charge in [-0.3, -0.25) is 4.79 Å². The van der Waals surface area contributed by atoms with Crippen LogP contribution in [0.15, 0.2) is 42.5 Å². The summed E-state index contributed by atoms with van der Waals surface area (Å²) in [7, 11) is 0. The fourth-order valence-corrected chi connectivity index (χ4v) is 1.97. The van der Waals surface area contributed by atoms with Crippen molar-refractivity contribution >= 4 is 23.2 Å². The zero-order valence-electron chi connectivity index (χ0n) is 11.5. The van der Waals surface area contributed by atoms with Crippen LogP contribution in [0.2, 0.25) is 5.02 Å². The number of carbonyl (C=O) groups excluding carboxylic acids is 1. The molecule has 0 aromatic heterocycles. The average molecular weight is 308 g/mol. The summed E-state index contributed by atoms with van der Waals surface area (Å²) in [5, 5.41) is 3.04. The van der Waals surface area contributed by atoms with E-state index in [9.17, 15) is 9.18 Å². The Morgan fingerprint density at radius 2 is 2.10 bits per heavy atom. The first kappa shape index (κ1) is 15.5. The minimum absolute atomic E-state index is 0.0181. The van der Waals surface area contributed by atoms with E-state index in [2.05, 4.69) is 5.32 Å². The second-order valence-corrected chi connectivity index (χ2v) is 5.08. The maximum atomic E-state index is 13.5. The third-order valence-corrected chi connectivity index (χ3v) is 3.04. The lowest BCUT2D eigenvalue weighted by Gasteiger charge is -2.08. The van der Waals surface area contributed by atoms with Gasteiger partial charge in [-0.15, -0.1) is 0 Å². The summed E-state index contributed by atoms with van der Waals surface area (Å²) < 4.78 is 18.7. The van der Waals surface area contributed by atoms with Crippen molar-refractivity contribution in [2.75, 3.05) is 11.9 Å². The standard InChI is InChI=1S/C16H15ClFNO2/c1-11-3-2-4-14(7-11)19-16(20)10-21-9-12-5-6-13(17)8-15(12)18/h2-8H,9-10H2,1H3,(H,19,20). The highest BCUT2D eigenvalue weighted by molar-refractivity contribution is 6.30. The van der Waals surface area contributed by atoms with Gasteiger partial charge in [0.05, 0.1) is 6.61 Å². The van der Waals surface area contributed by atoms with Gasteiger partial charge >= 0.3 is 0 Å². The smallest absolute Gasteiger partial charge is 0.250 e. The molecule has 2 rings (SSSR count). The third kappa shape index (κ3) is 4.85. The zero-order chi connectivity index (χ0) is 15.2. The van der Waals surface area contributed by atoms with Crippen molar-refractivity contribution in [3.8, 4) is 0 Å². The molecule has 1 N–H and O–H groups in total. The second-order valence-electron chi connectivity index (χ2n) is 4.65. The van der Waals surface area contributed by atoms with E-state index in [1.165, 1.54) is 12.1 Å². The van der Waals surface area contributed by atoms with Gasteiger partial charge in [-0.05, 0) is 36.8 Å². The molecule has 2 aromatic carbocycles. The predicted octanol–water partition coefficient (Wildman–Crippen LogP) is 3.94. The number of amides is 1. The van der Waals surface area contributed by atoms with Gasteiger partial charge < -0.3 is 10.1 Å². The molecule has 3 nitrogen and oxygen atoms in total. The van der Waals surface area contributed by atoms with E-state index in [1.807, 2.05) is 25.1 Å². The number of aryl methyl sites for hydroxylation is 1. The van der Waals surface area contributed by atoms with E-state index < -0.39 is 5.82 Å². The lowest BCUT2D eigenvalue weighted by atomic mass is 10.2. The molecule has 0 bridgehead atoms. The number of anilines is 1. The number of hydrogen-bond acceptors (Lipinski definition) is 2. The summed E-state index contributed by atoms with van der Waals surface area (Å²) in [5.74, 6) is -0.725. The monoisotopic (exact) mass is 307 g/mol. The number of hydrogen-bond donors (Lipinski definition) is 1. The van der Waals surface area contributed by atoms with E-state index in [4.69, 9.17) is 16.3 Å². The summed E-state index contributed by atoms with van der Waals surface area (Å²) in [6.45, 7) is 1.82. The molecule has 110 valence electrons. The van der Waals surface area contributed by atoms with Crippen LogP contribution in [0.4, 0.5) is 10.1 Å². The van der Waals surface area contributed by atoms with Crippen molar-refractivity contribution in [2.45, 2.75) is 13.5 Å². The molecule has 5 heteroatoms. The van der Waals surface area contributed by atoms with E-state index in [0.29, 0.717) is 16.3 Å². The first-order chi connectivity index (χ1) is 10.0. The van der Waals surface area contributed by atoms with Crippen molar-refractivity contribution in [1.82, 2.24) is 0 Å². The molecule has 0 radical (unpaired) electrons. The third-order valence-electron chi connectivity index (χ3n) is 2.81. The largest absolute Gasteiger partial charge is 0.367 e. The van der Waals surface area contributed by atoms with Gasteiger partial charge in [0, 0.05) is 16.3 Å². The molecule has 0 saturated heterocycles. The maximum absolute atomic E-state index is 13.5. The Morgan fingerprint density at radius 1 is 1.29 bits per heavy atom. The molecule has 0 aliphatic heterocycles. The predicted molar refractivity (Wildman–Crippen MR) is 80.9 cm³/mol. The Morgan fingerprint density at radius 3 is 2.81 bits per heavy atom. The van der Waals surface area contributed by atoms with Crippen molar-refractivity contribution in [2.24, 2.45) is 0 Å². The van der Waals surface area contributed by atoms with Crippen molar-refractivity contribution in [1.29, 1.82) is 0 Å². The summed E-state index contributed by atoms with van der Waals surface area (Å²) in [4.78, 5) is 11.7. The molecule has 1 amide bonds. The van der Waals surface area contributed by atoms with Gasteiger partial charge in [0.2, 0.25) is 5.91 Å². The van der Waals surface area contributed by atoms with Crippen molar-refractivity contribution < 1.29 is 13.9 Å². The summed E-state index contributed by atoms with van der Waals surface area (Å²) in [5.41, 5.74) is 2.13. The Bertz CT molecular complexity index is 646. The van der Waals surface area contributed by atoms with Crippen LogP contribution >= 0.6 is 11.6 Å². The zero-order valence-corrected chi connectivity index (χ0v) is 12.3. The summed E-state index contributed by atoms with van der Waals surface area (Å²) >= 11 is 5.66. The normalized spacial score (nSPS) is 10.4. The number of benzene rings is 2. The molecule has 0 spiro atoms. The molecule has 0 aliphatic rings. The first-order valence-corrected chi connectivity index (χ1v) is 6.80. The van der Waals surface area contributed by atoms with Gasteiger partial charge in [-0.25, -0.2) is 4.39 Å². The molecule has 0 atom stereocenters. The molecule has 0 fully saturated rings. The van der Waals surface area contributed by atoms with Crippen LogP contribution in [-0.4, -0.2) is 12.5 Å². The SMILES string of the molecule is Cc1cccc(NC(=O)COCc2ccc(Cl)cc2F)c1. The number of ether oxygens (including phenoxy) is 1. The Kier molecular flexibility index (Phi) is 5.31. The first-order valence-electron chi connectivity index (χ1n) is 6.43. The lowest BCUT2D eigenvalue weighted by Crippen LogP contribution is -2.18. The maximum Gasteiger partial charge on any atom is 0.250 e. The van der Waals surface area contributed by atoms with E-state index in [0.717, 1.165) is 5.56 Å². The van der Waals surface area contributed by atoms with Crippen LogP contribution in [0.1, 0.15) is 11.1 Å². The molecule has 0 heterocycles. The number of rotatable bonds is 5. The minimum Gasteiger partial charge on any atom is -0.367 e. The van der Waals surface area contributed by atoms with Gasteiger partial charge in [-0.2, -0.15) is 0 Å². The van der Waals surface area contributed by atoms with E-state index in [-0.39, 0.29) is 19.1 Å². The van der Waals surface area contributed by atoms with Crippen LogP contribution in [0.5, 0.6) is 0 Å². The minimum atomic E-state index is -0.443. The van der Waals surface area contributed by atoms with Gasteiger partial charge in [0.25, 0.3) is 0 Å². The average Bonchev–Trinajstić information content (AvgIpc) is 2.41. The summed E-state index contributed by atoms with van der Waals surface area (Å²) in [6.07, 6.45) is 0. The van der Waals surface area contributed by atoms with Crippen LogP contribution in [0, 0.1) is 12.7 Å².